The zero-order valence-electron chi connectivity index (χ0n) is 7.74. The van der Waals surface area contributed by atoms with E-state index in [1.54, 1.807) is 18.3 Å². The lowest BCUT2D eigenvalue weighted by Crippen LogP contribution is -1.81. The molecule has 1 heterocycles. The minimum atomic E-state index is 0.174. The number of carbonyl (C=O) groups excluding carboxylic acids is 1. The number of hydrogen-bond donors (Lipinski definition) is 0. The van der Waals surface area contributed by atoms with Gasteiger partial charge in [-0.1, -0.05) is 17.8 Å². The average molecular weight is 212 g/mol. The third-order valence-corrected chi connectivity index (χ3v) is 3.30. The molecule has 0 aliphatic heterocycles. The Morgan fingerprint density at radius 2 is 2.46 bits per heavy atom. The Hall–Kier alpha value is -0.540. The highest BCUT2D eigenvalue weighted by Crippen LogP contribution is 2.17. The Bertz CT molecular complexity index is 312. The lowest BCUT2D eigenvalue weighted by molar-refractivity contribution is -0.109. The summed E-state index contributed by atoms with van der Waals surface area (Å²) in [7, 11) is 0. The molecule has 70 valence electrons. The highest BCUT2D eigenvalue weighted by atomic mass is 32.2. The molecule has 1 nitrogen and oxygen atoms in total. The summed E-state index contributed by atoms with van der Waals surface area (Å²) in [6.45, 7) is 3.68. The van der Waals surface area contributed by atoms with Crippen LogP contribution in [0.4, 0.5) is 0 Å². The van der Waals surface area contributed by atoms with Crippen molar-refractivity contribution >= 4 is 34.3 Å². The molecule has 0 N–H and O–H groups in total. The van der Waals surface area contributed by atoms with E-state index in [9.17, 15) is 4.79 Å². The second kappa shape index (κ2) is 5.25. The molecular weight excluding hydrogens is 200 g/mol. The van der Waals surface area contributed by atoms with Crippen molar-refractivity contribution in [3.63, 3.8) is 0 Å². The summed E-state index contributed by atoms with van der Waals surface area (Å²) in [4.78, 5) is 11.9. The van der Waals surface area contributed by atoms with Crippen LogP contribution in [0.3, 0.4) is 0 Å². The van der Waals surface area contributed by atoms with Crippen molar-refractivity contribution in [2.24, 2.45) is 0 Å². The summed E-state index contributed by atoms with van der Waals surface area (Å²) in [5.41, 5.74) is 1.30. The average Bonchev–Trinajstić information content (AvgIpc) is 2.45. The van der Waals surface area contributed by atoms with Crippen LogP contribution in [-0.2, 0) is 4.79 Å². The van der Waals surface area contributed by atoms with Gasteiger partial charge in [-0.2, -0.15) is 0 Å². The fraction of sp³-hybridized carbons (Fsp3) is 0.300. The third-order valence-electron chi connectivity index (χ3n) is 1.55. The zero-order chi connectivity index (χ0) is 9.68. The fourth-order valence-electron chi connectivity index (χ4n) is 0.876. The van der Waals surface area contributed by atoms with Crippen molar-refractivity contribution in [3.8, 4) is 0 Å². The van der Waals surface area contributed by atoms with Crippen LogP contribution in [0.2, 0.25) is 0 Å². The topological polar surface area (TPSA) is 17.1 Å². The van der Waals surface area contributed by atoms with Gasteiger partial charge in [-0.25, -0.2) is 0 Å². The molecule has 0 saturated carbocycles. The van der Waals surface area contributed by atoms with Gasteiger partial charge in [0.1, 0.15) is 0 Å². The van der Waals surface area contributed by atoms with Crippen molar-refractivity contribution in [2.75, 3.05) is 5.75 Å². The molecule has 0 fully saturated rings. The van der Waals surface area contributed by atoms with Gasteiger partial charge in [-0.3, -0.25) is 4.79 Å². The maximum atomic E-state index is 10.6. The molecule has 1 aromatic rings. The quantitative estimate of drug-likeness (QED) is 0.764. The first-order valence-corrected chi connectivity index (χ1v) is 5.90. The Morgan fingerprint density at radius 1 is 1.69 bits per heavy atom. The number of carbonyl (C=O) groups is 1. The van der Waals surface area contributed by atoms with Crippen LogP contribution in [0.1, 0.15) is 17.4 Å². The zero-order valence-corrected chi connectivity index (χ0v) is 9.37. The van der Waals surface area contributed by atoms with Gasteiger partial charge in [-0.15, -0.1) is 11.3 Å². The molecule has 0 spiro atoms. The number of hydrogen-bond acceptors (Lipinski definition) is 3. The lowest BCUT2D eigenvalue weighted by Gasteiger charge is -1.90. The van der Waals surface area contributed by atoms with E-state index in [-0.39, 0.29) is 5.12 Å². The Kier molecular flexibility index (Phi) is 4.25. The molecule has 0 atom stereocenters. The van der Waals surface area contributed by atoms with Crippen molar-refractivity contribution in [1.82, 2.24) is 0 Å². The number of thiophene rings is 1. The molecule has 3 heteroatoms. The Morgan fingerprint density at radius 3 is 3.00 bits per heavy atom. The van der Waals surface area contributed by atoms with E-state index < -0.39 is 0 Å². The molecule has 0 bridgehead atoms. The highest BCUT2D eigenvalue weighted by Gasteiger charge is 1.94. The van der Waals surface area contributed by atoms with Gasteiger partial charge in [0.25, 0.3) is 0 Å². The maximum Gasteiger partial charge on any atom is 0.186 e. The first-order chi connectivity index (χ1) is 6.20. The van der Waals surface area contributed by atoms with Crippen LogP contribution in [0.25, 0.3) is 6.08 Å². The smallest absolute Gasteiger partial charge is 0.186 e. The molecule has 1 rings (SSSR count). The van der Waals surface area contributed by atoms with Crippen molar-refractivity contribution < 1.29 is 4.79 Å². The van der Waals surface area contributed by atoms with Gasteiger partial charge in [0, 0.05) is 17.6 Å². The van der Waals surface area contributed by atoms with Gasteiger partial charge in [0.15, 0.2) is 5.12 Å². The largest absolute Gasteiger partial charge is 0.288 e. The standard InChI is InChI=1S/C10H12OS2/c1-8-5-7-13-10(8)4-3-6-12-9(2)11/h3-5,7H,6H2,1-2H3. The molecule has 13 heavy (non-hydrogen) atoms. The number of thioether (sulfide) groups is 1. The van der Waals surface area contributed by atoms with E-state index in [0.29, 0.717) is 0 Å². The first-order valence-electron chi connectivity index (χ1n) is 4.04. The second-order valence-corrected chi connectivity index (χ2v) is 4.82. The Balaban J connectivity index is 2.41. The molecule has 0 aromatic carbocycles. The molecule has 0 radical (unpaired) electrons. The van der Waals surface area contributed by atoms with Gasteiger partial charge in [0.05, 0.1) is 0 Å². The van der Waals surface area contributed by atoms with Crippen LogP contribution in [0, 0.1) is 6.92 Å². The van der Waals surface area contributed by atoms with Gasteiger partial charge >= 0.3 is 0 Å². The molecule has 1 aromatic heterocycles. The van der Waals surface area contributed by atoms with Crippen LogP contribution < -0.4 is 0 Å². The molecule has 0 amide bonds. The summed E-state index contributed by atoms with van der Waals surface area (Å²) in [5.74, 6) is 0.771. The summed E-state index contributed by atoms with van der Waals surface area (Å²) in [6.07, 6.45) is 4.11. The van der Waals surface area contributed by atoms with Crippen molar-refractivity contribution in [2.45, 2.75) is 13.8 Å². The van der Waals surface area contributed by atoms with Crippen LogP contribution in [0.5, 0.6) is 0 Å². The third kappa shape index (κ3) is 3.79. The molecule has 0 saturated heterocycles. The Labute approximate surface area is 86.9 Å². The van der Waals surface area contributed by atoms with Gasteiger partial charge < -0.3 is 0 Å². The van der Waals surface area contributed by atoms with E-state index in [0.717, 1.165) is 5.75 Å². The van der Waals surface area contributed by atoms with Crippen LogP contribution in [-0.4, -0.2) is 10.9 Å². The van der Waals surface area contributed by atoms with E-state index in [1.165, 1.54) is 22.2 Å². The normalized spacial score (nSPS) is 10.9. The molecule has 0 aliphatic carbocycles. The fourth-order valence-corrected chi connectivity index (χ4v) is 2.15. The second-order valence-electron chi connectivity index (χ2n) is 2.67. The van der Waals surface area contributed by atoms with Crippen molar-refractivity contribution in [3.05, 3.63) is 28.0 Å². The van der Waals surface area contributed by atoms with Gasteiger partial charge in [-0.05, 0) is 30.0 Å². The monoisotopic (exact) mass is 212 g/mol. The first kappa shape index (κ1) is 10.5. The number of aryl methyl sites for hydroxylation is 1. The summed E-state index contributed by atoms with van der Waals surface area (Å²) in [5, 5.41) is 2.25. The molecule has 0 aliphatic rings. The van der Waals surface area contributed by atoms with E-state index in [2.05, 4.69) is 24.4 Å². The minimum Gasteiger partial charge on any atom is -0.288 e. The van der Waals surface area contributed by atoms with Crippen LogP contribution in [0.15, 0.2) is 17.5 Å². The maximum absolute atomic E-state index is 10.6. The van der Waals surface area contributed by atoms with E-state index >= 15 is 0 Å². The summed E-state index contributed by atoms with van der Waals surface area (Å²) >= 11 is 3.07. The minimum absolute atomic E-state index is 0.174. The molecule has 0 unspecified atom stereocenters. The summed E-state index contributed by atoms with van der Waals surface area (Å²) < 4.78 is 0. The van der Waals surface area contributed by atoms with E-state index in [4.69, 9.17) is 0 Å². The highest BCUT2D eigenvalue weighted by molar-refractivity contribution is 8.13. The van der Waals surface area contributed by atoms with Crippen molar-refractivity contribution in [1.29, 1.82) is 0 Å². The summed E-state index contributed by atoms with van der Waals surface area (Å²) in [6, 6.07) is 2.10. The van der Waals surface area contributed by atoms with Gasteiger partial charge in [0.2, 0.25) is 0 Å². The van der Waals surface area contributed by atoms with Crippen LogP contribution >= 0.6 is 23.1 Å². The predicted molar refractivity (Wildman–Crippen MR) is 61.2 cm³/mol. The van der Waals surface area contributed by atoms with E-state index in [1.807, 2.05) is 6.08 Å². The lowest BCUT2D eigenvalue weighted by atomic mass is 10.3. The SMILES string of the molecule is CC(=O)SCC=Cc1sccc1C. The predicted octanol–water partition coefficient (Wildman–Crippen LogP) is 3.35. The number of rotatable bonds is 3. The molecular formula is C10H12OS2.